The highest BCUT2D eigenvalue weighted by molar-refractivity contribution is 7.99. The molecule has 1 saturated heterocycles. The smallest absolute Gasteiger partial charge is 0.232 e. The minimum Gasteiger partial charge on any atom is -0.444 e. The summed E-state index contributed by atoms with van der Waals surface area (Å²) in [5, 5.41) is 0. The highest BCUT2D eigenvalue weighted by Gasteiger charge is 2.34. The minimum absolute atomic E-state index is 0.0804. The molecular formula is C18H23N3O2S. The van der Waals surface area contributed by atoms with Gasteiger partial charge in [0, 0.05) is 24.4 Å². The Balaban J connectivity index is 1.47. The number of likely N-dealkylation sites (tertiary alicyclic amines) is 1. The number of benzene rings is 1. The van der Waals surface area contributed by atoms with Crippen LogP contribution in [0.1, 0.15) is 19.0 Å². The van der Waals surface area contributed by atoms with E-state index in [1.165, 1.54) is 0 Å². The highest BCUT2D eigenvalue weighted by atomic mass is 32.2. The predicted octanol–water partition coefficient (Wildman–Crippen LogP) is 2.77. The van der Waals surface area contributed by atoms with E-state index in [0.717, 1.165) is 30.8 Å². The number of oxazole rings is 1. The molecule has 1 amide bonds. The molecule has 1 atom stereocenters. The molecule has 1 aliphatic heterocycles. The molecule has 24 heavy (non-hydrogen) atoms. The molecule has 128 valence electrons. The fourth-order valence-corrected chi connectivity index (χ4v) is 3.63. The molecule has 2 N–H and O–H groups in total. The summed E-state index contributed by atoms with van der Waals surface area (Å²) >= 11 is 1.57. The molecule has 0 saturated carbocycles. The lowest BCUT2D eigenvalue weighted by molar-refractivity contribution is -0.127. The first kappa shape index (κ1) is 17.0. The van der Waals surface area contributed by atoms with Crippen LogP contribution in [0.15, 0.2) is 41.0 Å². The second-order valence-electron chi connectivity index (χ2n) is 6.58. The van der Waals surface area contributed by atoms with Crippen molar-refractivity contribution in [3.8, 4) is 11.5 Å². The van der Waals surface area contributed by atoms with E-state index in [-0.39, 0.29) is 11.3 Å². The lowest BCUT2D eigenvalue weighted by Crippen LogP contribution is -2.35. The van der Waals surface area contributed by atoms with Crippen LogP contribution in [0.25, 0.3) is 11.5 Å². The fourth-order valence-electron chi connectivity index (χ4n) is 2.82. The molecule has 1 aromatic carbocycles. The van der Waals surface area contributed by atoms with E-state index in [2.05, 4.69) is 11.9 Å². The normalized spacial score (nSPS) is 20.5. The molecule has 1 fully saturated rings. The van der Waals surface area contributed by atoms with E-state index >= 15 is 0 Å². The van der Waals surface area contributed by atoms with Gasteiger partial charge in [-0.05, 0) is 30.5 Å². The van der Waals surface area contributed by atoms with Crippen LogP contribution in [0.3, 0.4) is 0 Å². The van der Waals surface area contributed by atoms with E-state index in [1.54, 1.807) is 18.0 Å². The first-order valence-corrected chi connectivity index (χ1v) is 9.30. The number of amides is 1. The second kappa shape index (κ2) is 7.40. The van der Waals surface area contributed by atoms with Gasteiger partial charge in [-0.25, -0.2) is 4.98 Å². The molecule has 0 aliphatic carbocycles. The van der Waals surface area contributed by atoms with Crippen LogP contribution in [0.5, 0.6) is 0 Å². The fraction of sp³-hybridized carbons (Fsp3) is 0.444. The van der Waals surface area contributed by atoms with Crippen LogP contribution in [0.4, 0.5) is 0 Å². The zero-order chi connectivity index (χ0) is 17.0. The number of carbonyl (C=O) groups is 1. The molecule has 1 aromatic heterocycles. The topological polar surface area (TPSA) is 72.4 Å². The van der Waals surface area contributed by atoms with Crippen molar-refractivity contribution in [2.45, 2.75) is 19.1 Å². The lowest BCUT2D eigenvalue weighted by atomic mass is 9.90. The maximum absolute atomic E-state index is 12.3. The maximum atomic E-state index is 12.3. The Kier molecular flexibility index (Phi) is 5.26. The number of hydrogen-bond donors (Lipinski definition) is 1. The SMILES string of the molecule is CC1(CN)CCN(C(=O)CSCc2coc(-c3ccccc3)n2)C1. The lowest BCUT2D eigenvalue weighted by Gasteiger charge is -2.22. The first-order valence-electron chi connectivity index (χ1n) is 8.15. The zero-order valence-corrected chi connectivity index (χ0v) is 14.7. The predicted molar refractivity (Wildman–Crippen MR) is 96.5 cm³/mol. The van der Waals surface area contributed by atoms with Gasteiger partial charge < -0.3 is 15.1 Å². The molecule has 2 aromatic rings. The monoisotopic (exact) mass is 345 g/mol. The quantitative estimate of drug-likeness (QED) is 0.871. The molecule has 1 aliphatic rings. The van der Waals surface area contributed by atoms with Crippen LogP contribution in [0.2, 0.25) is 0 Å². The summed E-state index contributed by atoms with van der Waals surface area (Å²) in [6, 6.07) is 9.81. The summed E-state index contributed by atoms with van der Waals surface area (Å²) in [6.45, 7) is 4.36. The highest BCUT2D eigenvalue weighted by Crippen LogP contribution is 2.29. The summed E-state index contributed by atoms with van der Waals surface area (Å²) < 4.78 is 5.52. The standard InChI is InChI=1S/C18H23N3O2S/c1-18(12-19)7-8-21(13-18)16(22)11-24-10-15-9-23-17(20-15)14-5-3-2-4-6-14/h2-6,9H,7-8,10-13,19H2,1H3. The Hall–Kier alpha value is -1.79. The van der Waals surface area contributed by atoms with Gasteiger partial charge in [-0.2, -0.15) is 0 Å². The van der Waals surface area contributed by atoms with Crippen molar-refractivity contribution >= 4 is 17.7 Å². The molecule has 2 heterocycles. The molecule has 5 nitrogen and oxygen atoms in total. The third-order valence-corrected chi connectivity index (χ3v) is 5.40. The Labute approximate surface area is 146 Å². The van der Waals surface area contributed by atoms with Crippen molar-refractivity contribution < 1.29 is 9.21 Å². The van der Waals surface area contributed by atoms with Crippen molar-refractivity contribution in [3.63, 3.8) is 0 Å². The molecule has 3 rings (SSSR count). The second-order valence-corrected chi connectivity index (χ2v) is 7.57. The van der Waals surface area contributed by atoms with Crippen LogP contribution in [0, 0.1) is 5.41 Å². The summed E-state index contributed by atoms with van der Waals surface area (Å²) in [6.07, 6.45) is 2.66. The molecule has 1 unspecified atom stereocenters. The van der Waals surface area contributed by atoms with Gasteiger partial charge in [-0.3, -0.25) is 4.79 Å². The van der Waals surface area contributed by atoms with Crippen molar-refractivity contribution in [1.82, 2.24) is 9.88 Å². The number of hydrogen-bond acceptors (Lipinski definition) is 5. The molecule has 0 spiro atoms. The van der Waals surface area contributed by atoms with E-state index < -0.39 is 0 Å². The largest absolute Gasteiger partial charge is 0.444 e. The van der Waals surface area contributed by atoms with Crippen LogP contribution in [-0.2, 0) is 10.5 Å². The van der Waals surface area contributed by atoms with E-state index in [4.69, 9.17) is 10.2 Å². The molecule has 0 radical (unpaired) electrons. The van der Waals surface area contributed by atoms with Crippen molar-refractivity contribution in [2.75, 3.05) is 25.4 Å². The van der Waals surface area contributed by atoms with E-state index in [1.807, 2.05) is 35.2 Å². The number of nitrogens with zero attached hydrogens (tertiary/aromatic N) is 2. The van der Waals surface area contributed by atoms with Gasteiger partial charge in [0.2, 0.25) is 11.8 Å². The maximum Gasteiger partial charge on any atom is 0.232 e. The van der Waals surface area contributed by atoms with Gasteiger partial charge in [0.05, 0.1) is 11.4 Å². The molecule has 0 bridgehead atoms. The van der Waals surface area contributed by atoms with Gasteiger partial charge in [0.1, 0.15) is 6.26 Å². The van der Waals surface area contributed by atoms with Gasteiger partial charge in [-0.1, -0.05) is 25.1 Å². The third-order valence-electron chi connectivity index (χ3n) is 4.45. The number of aromatic nitrogens is 1. The Morgan fingerprint density at radius 3 is 2.92 bits per heavy atom. The van der Waals surface area contributed by atoms with Gasteiger partial charge in [-0.15, -0.1) is 11.8 Å². The number of carbonyl (C=O) groups excluding carboxylic acids is 1. The first-order chi connectivity index (χ1) is 11.6. The average molecular weight is 345 g/mol. The van der Waals surface area contributed by atoms with Gasteiger partial charge in [0.15, 0.2) is 0 Å². The molecule has 6 heteroatoms. The number of rotatable bonds is 6. The van der Waals surface area contributed by atoms with Crippen LogP contribution < -0.4 is 5.73 Å². The summed E-state index contributed by atoms with van der Waals surface area (Å²) in [4.78, 5) is 18.7. The summed E-state index contributed by atoms with van der Waals surface area (Å²) in [7, 11) is 0. The Bertz CT molecular complexity index is 689. The Morgan fingerprint density at radius 1 is 1.42 bits per heavy atom. The van der Waals surface area contributed by atoms with Crippen molar-refractivity contribution in [1.29, 1.82) is 0 Å². The van der Waals surface area contributed by atoms with Crippen molar-refractivity contribution in [2.24, 2.45) is 11.1 Å². The zero-order valence-electron chi connectivity index (χ0n) is 13.9. The van der Waals surface area contributed by atoms with Gasteiger partial charge >= 0.3 is 0 Å². The minimum atomic E-state index is 0.0804. The van der Waals surface area contributed by atoms with E-state index in [9.17, 15) is 4.79 Å². The third kappa shape index (κ3) is 3.99. The van der Waals surface area contributed by atoms with E-state index in [0.29, 0.717) is 23.9 Å². The number of thioether (sulfide) groups is 1. The summed E-state index contributed by atoms with van der Waals surface area (Å²) in [5.41, 5.74) is 7.70. The van der Waals surface area contributed by atoms with Gasteiger partial charge in [0.25, 0.3) is 0 Å². The number of nitrogens with two attached hydrogens (primary N) is 1. The van der Waals surface area contributed by atoms with Crippen molar-refractivity contribution in [3.05, 3.63) is 42.3 Å². The summed E-state index contributed by atoms with van der Waals surface area (Å²) in [5.74, 6) is 1.94. The Morgan fingerprint density at radius 2 is 2.21 bits per heavy atom. The van der Waals surface area contributed by atoms with Crippen LogP contribution in [-0.4, -0.2) is 41.2 Å². The van der Waals surface area contributed by atoms with Crippen LogP contribution >= 0.6 is 11.8 Å². The molecular weight excluding hydrogens is 322 g/mol. The average Bonchev–Trinajstić information content (AvgIpc) is 3.23.